The van der Waals surface area contributed by atoms with E-state index in [4.69, 9.17) is 0 Å². The summed E-state index contributed by atoms with van der Waals surface area (Å²) in [5, 5.41) is 12.8. The molecule has 0 aromatic carbocycles. The molecule has 0 saturated carbocycles. The van der Waals surface area contributed by atoms with E-state index in [9.17, 15) is 9.90 Å². The van der Waals surface area contributed by atoms with Gasteiger partial charge >= 0.3 is 5.97 Å². The largest absolute Gasteiger partial charge is 0.469 e. The summed E-state index contributed by atoms with van der Waals surface area (Å²) < 4.78 is 4.57. The molecule has 0 spiro atoms. The Kier molecular flexibility index (Phi) is 4.18. The van der Waals surface area contributed by atoms with Gasteiger partial charge in [-0.25, -0.2) is 0 Å². The molecular weight excluding hydrogens is 170 g/mol. The summed E-state index contributed by atoms with van der Waals surface area (Å²) in [6, 6.07) is 0. The van der Waals surface area contributed by atoms with Crippen molar-refractivity contribution >= 4 is 5.97 Å². The Hall–Kier alpha value is -0.610. The van der Waals surface area contributed by atoms with Crippen LogP contribution in [0.1, 0.15) is 19.3 Å². The summed E-state index contributed by atoms with van der Waals surface area (Å²) in [6.45, 7) is 1.71. The molecule has 13 heavy (non-hydrogen) atoms. The molecule has 0 aromatic rings. The van der Waals surface area contributed by atoms with E-state index in [1.807, 2.05) is 0 Å². The summed E-state index contributed by atoms with van der Waals surface area (Å²) in [5.41, 5.74) is 0. The number of carbonyl (C=O) groups excluding carboxylic acids is 1. The van der Waals surface area contributed by atoms with Crippen LogP contribution in [0.2, 0.25) is 0 Å². The number of ether oxygens (including phenoxy) is 1. The maximum atomic E-state index is 11.0. The van der Waals surface area contributed by atoms with Gasteiger partial charge in [0.15, 0.2) is 0 Å². The first-order valence-electron chi connectivity index (χ1n) is 4.69. The molecule has 0 bridgehead atoms. The standard InChI is InChI=1S/C9H17NO3/c1-13-9(12)6-7-2-4-10-5-3-8(7)11/h7-8,10-11H,2-6H2,1H3/t7-,8-/m1/s1. The molecule has 2 atom stereocenters. The van der Waals surface area contributed by atoms with Gasteiger partial charge in [0.2, 0.25) is 0 Å². The van der Waals surface area contributed by atoms with Gasteiger partial charge in [0, 0.05) is 0 Å². The number of hydrogen-bond acceptors (Lipinski definition) is 4. The number of esters is 1. The Morgan fingerprint density at radius 2 is 2.23 bits per heavy atom. The Bertz CT molecular complexity index is 172. The highest BCUT2D eigenvalue weighted by Gasteiger charge is 2.23. The second-order valence-corrected chi connectivity index (χ2v) is 3.44. The maximum absolute atomic E-state index is 11.0. The highest BCUT2D eigenvalue weighted by molar-refractivity contribution is 5.69. The molecule has 1 heterocycles. The lowest BCUT2D eigenvalue weighted by Gasteiger charge is -2.17. The van der Waals surface area contributed by atoms with E-state index in [-0.39, 0.29) is 18.0 Å². The third kappa shape index (κ3) is 3.32. The first-order chi connectivity index (χ1) is 6.24. The van der Waals surface area contributed by atoms with Crippen LogP contribution in [-0.4, -0.2) is 37.4 Å². The van der Waals surface area contributed by atoms with Crippen LogP contribution in [0, 0.1) is 5.92 Å². The quantitative estimate of drug-likeness (QED) is 0.593. The maximum Gasteiger partial charge on any atom is 0.305 e. The van der Waals surface area contributed by atoms with Gasteiger partial charge in [-0.05, 0) is 31.8 Å². The minimum absolute atomic E-state index is 0.0578. The number of hydrogen-bond donors (Lipinski definition) is 2. The van der Waals surface area contributed by atoms with E-state index in [0.717, 1.165) is 25.9 Å². The van der Waals surface area contributed by atoms with E-state index in [0.29, 0.717) is 6.42 Å². The molecule has 0 radical (unpaired) electrons. The van der Waals surface area contributed by atoms with Crippen molar-refractivity contribution in [2.75, 3.05) is 20.2 Å². The van der Waals surface area contributed by atoms with Crippen LogP contribution in [0.15, 0.2) is 0 Å². The second-order valence-electron chi connectivity index (χ2n) is 3.44. The zero-order valence-electron chi connectivity index (χ0n) is 7.95. The molecule has 2 N–H and O–H groups in total. The van der Waals surface area contributed by atoms with Gasteiger partial charge in [-0.2, -0.15) is 0 Å². The smallest absolute Gasteiger partial charge is 0.305 e. The molecule has 0 aliphatic carbocycles. The molecular formula is C9H17NO3. The summed E-state index contributed by atoms with van der Waals surface area (Å²) in [7, 11) is 1.38. The number of methoxy groups -OCH3 is 1. The van der Waals surface area contributed by atoms with Gasteiger partial charge in [-0.15, -0.1) is 0 Å². The van der Waals surface area contributed by atoms with Crippen LogP contribution in [0.5, 0.6) is 0 Å². The van der Waals surface area contributed by atoms with Crippen LogP contribution in [0.25, 0.3) is 0 Å². The lowest BCUT2D eigenvalue weighted by molar-refractivity contribution is -0.142. The molecule has 0 amide bonds. The number of aliphatic hydroxyl groups is 1. The van der Waals surface area contributed by atoms with Crippen LogP contribution in [-0.2, 0) is 9.53 Å². The molecule has 1 saturated heterocycles. The van der Waals surface area contributed by atoms with Crippen molar-refractivity contribution in [3.05, 3.63) is 0 Å². The predicted octanol–water partition coefficient (Wildman–Crippen LogP) is -0.0900. The lowest BCUT2D eigenvalue weighted by Crippen LogP contribution is -2.23. The van der Waals surface area contributed by atoms with Gasteiger partial charge in [0.1, 0.15) is 0 Å². The van der Waals surface area contributed by atoms with E-state index in [1.165, 1.54) is 7.11 Å². The second kappa shape index (κ2) is 5.19. The van der Waals surface area contributed by atoms with Crippen molar-refractivity contribution in [3.8, 4) is 0 Å². The van der Waals surface area contributed by atoms with E-state index in [1.54, 1.807) is 0 Å². The Labute approximate surface area is 78.3 Å². The number of nitrogens with one attached hydrogen (secondary N) is 1. The van der Waals surface area contributed by atoms with Crippen molar-refractivity contribution in [1.29, 1.82) is 0 Å². The first-order valence-corrected chi connectivity index (χ1v) is 4.69. The molecule has 76 valence electrons. The summed E-state index contributed by atoms with van der Waals surface area (Å²) in [5.74, 6) is -0.173. The summed E-state index contributed by atoms with van der Waals surface area (Å²) in [4.78, 5) is 11.0. The van der Waals surface area contributed by atoms with Crippen molar-refractivity contribution in [2.45, 2.75) is 25.4 Å². The van der Waals surface area contributed by atoms with Gasteiger partial charge in [-0.3, -0.25) is 4.79 Å². The fraction of sp³-hybridized carbons (Fsp3) is 0.889. The molecule has 4 heteroatoms. The fourth-order valence-corrected chi connectivity index (χ4v) is 1.63. The van der Waals surface area contributed by atoms with Crippen molar-refractivity contribution in [2.24, 2.45) is 5.92 Å². The van der Waals surface area contributed by atoms with Gasteiger partial charge in [0.05, 0.1) is 19.6 Å². The molecule has 1 aliphatic rings. The van der Waals surface area contributed by atoms with Crippen LogP contribution in [0.3, 0.4) is 0 Å². The first kappa shape index (κ1) is 10.5. The average Bonchev–Trinajstić information content (AvgIpc) is 2.32. The van der Waals surface area contributed by atoms with Crippen LogP contribution in [0.4, 0.5) is 0 Å². The highest BCUT2D eigenvalue weighted by Crippen LogP contribution is 2.18. The molecule has 0 unspecified atom stereocenters. The third-order valence-corrected chi connectivity index (χ3v) is 2.51. The van der Waals surface area contributed by atoms with Crippen LogP contribution >= 0.6 is 0 Å². The molecule has 0 aromatic heterocycles. The van der Waals surface area contributed by atoms with Crippen molar-refractivity contribution in [1.82, 2.24) is 5.32 Å². The predicted molar refractivity (Wildman–Crippen MR) is 48.2 cm³/mol. The zero-order valence-corrected chi connectivity index (χ0v) is 7.95. The van der Waals surface area contributed by atoms with Gasteiger partial charge < -0.3 is 15.2 Å². The SMILES string of the molecule is COC(=O)C[C@H]1CCNCC[C@H]1O. The lowest BCUT2D eigenvalue weighted by atomic mass is 9.94. The molecule has 4 nitrogen and oxygen atoms in total. The zero-order chi connectivity index (χ0) is 9.68. The van der Waals surface area contributed by atoms with E-state index in [2.05, 4.69) is 10.1 Å². The minimum Gasteiger partial charge on any atom is -0.469 e. The molecule has 1 aliphatic heterocycles. The molecule has 1 rings (SSSR count). The highest BCUT2D eigenvalue weighted by atomic mass is 16.5. The monoisotopic (exact) mass is 187 g/mol. The average molecular weight is 187 g/mol. The number of aliphatic hydroxyl groups excluding tert-OH is 1. The van der Waals surface area contributed by atoms with E-state index >= 15 is 0 Å². The minimum atomic E-state index is -0.367. The Balaban J connectivity index is 2.40. The van der Waals surface area contributed by atoms with Crippen molar-refractivity contribution < 1.29 is 14.6 Å². The van der Waals surface area contributed by atoms with Gasteiger partial charge in [-0.1, -0.05) is 0 Å². The third-order valence-electron chi connectivity index (χ3n) is 2.51. The summed E-state index contributed by atoms with van der Waals surface area (Å²) >= 11 is 0. The Morgan fingerprint density at radius 1 is 1.54 bits per heavy atom. The van der Waals surface area contributed by atoms with Crippen molar-refractivity contribution in [3.63, 3.8) is 0 Å². The summed E-state index contributed by atoms with van der Waals surface area (Å²) in [6.07, 6.45) is 1.53. The molecule has 1 fully saturated rings. The number of rotatable bonds is 2. The van der Waals surface area contributed by atoms with E-state index < -0.39 is 0 Å². The normalized spacial score (nSPS) is 29.4. The Morgan fingerprint density at radius 3 is 2.92 bits per heavy atom. The van der Waals surface area contributed by atoms with Crippen LogP contribution < -0.4 is 5.32 Å². The fourth-order valence-electron chi connectivity index (χ4n) is 1.63. The van der Waals surface area contributed by atoms with Gasteiger partial charge in [0.25, 0.3) is 0 Å². The topological polar surface area (TPSA) is 58.6 Å². The number of carbonyl (C=O) groups is 1.